The normalized spacial score (nSPS) is 10.8. The summed E-state index contributed by atoms with van der Waals surface area (Å²) >= 11 is 0. The summed E-state index contributed by atoms with van der Waals surface area (Å²) in [4.78, 5) is 4.39. The Kier molecular flexibility index (Phi) is 2.97. The fourth-order valence-corrected chi connectivity index (χ4v) is 1.71. The number of ether oxygens (including phenoxy) is 1. The van der Waals surface area contributed by atoms with Crippen molar-refractivity contribution < 1.29 is 4.74 Å². The second kappa shape index (κ2) is 4.41. The third kappa shape index (κ3) is 2.00. The van der Waals surface area contributed by atoms with Gasteiger partial charge in [0, 0.05) is 18.2 Å². The van der Waals surface area contributed by atoms with E-state index in [9.17, 15) is 0 Å². The van der Waals surface area contributed by atoms with E-state index in [4.69, 9.17) is 4.74 Å². The predicted octanol–water partition coefficient (Wildman–Crippen LogP) is 3.08. The third-order valence-electron chi connectivity index (χ3n) is 2.52. The van der Waals surface area contributed by atoms with Gasteiger partial charge in [-0.15, -0.1) is 0 Å². The van der Waals surface area contributed by atoms with Gasteiger partial charge in [0.15, 0.2) is 0 Å². The zero-order valence-corrected chi connectivity index (χ0v) is 9.16. The van der Waals surface area contributed by atoms with Gasteiger partial charge in [0.25, 0.3) is 0 Å². The lowest BCUT2D eigenvalue weighted by atomic mass is 10.1. The van der Waals surface area contributed by atoms with Crippen molar-refractivity contribution in [3.8, 4) is 0 Å². The first-order valence-electron chi connectivity index (χ1n) is 5.24. The maximum Gasteiger partial charge on any atom is 0.0734 e. The van der Waals surface area contributed by atoms with Gasteiger partial charge in [-0.3, -0.25) is 4.98 Å². The summed E-state index contributed by atoms with van der Waals surface area (Å²) in [5.74, 6) is 0. The summed E-state index contributed by atoms with van der Waals surface area (Å²) in [5.41, 5.74) is 3.51. The minimum atomic E-state index is 0.666. The molecule has 0 saturated heterocycles. The summed E-state index contributed by atoms with van der Waals surface area (Å²) in [6, 6.07) is 8.29. The van der Waals surface area contributed by atoms with E-state index in [0.717, 1.165) is 12.1 Å². The first-order valence-corrected chi connectivity index (χ1v) is 5.24. The average Bonchev–Trinajstić information content (AvgIpc) is 2.29. The Hall–Kier alpha value is -1.41. The highest BCUT2D eigenvalue weighted by atomic mass is 16.5. The van der Waals surface area contributed by atoms with Crippen LogP contribution in [0, 0.1) is 6.92 Å². The monoisotopic (exact) mass is 201 g/mol. The van der Waals surface area contributed by atoms with Gasteiger partial charge in [0.05, 0.1) is 12.1 Å². The van der Waals surface area contributed by atoms with Crippen LogP contribution >= 0.6 is 0 Å². The molecule has 1 heterocycles. The van der Waals surface area contributed by atoms with Crippen LogP contribution in [0.15, 0.2) is 30.5 Å². The molecule has 2 nitrogen and oxygen atoms in total. The molecule has 0 amide bonds. The molecule has 0 N–H and O–H groups in total. The van der Waals surface area contributed by atoms with Crippen LogP contribution in [0.1, 0.15) is 18.1 Å². The van der Waals surface area contributed by atoms with E-state index in [1.165, 1.54) is 16.5 Å². The van der Waals surface area contributed by atoms with E-state index in [1.54, 1.807) is 0 Å². The van der Waals surface area contributed by atoms with Gasteiger partial charge in [0.2, 0.25) is 0 Å². The molecule has 0 aliphatic heterocycles. The summed E-state index contributed by atoms with van der Waals surface area (Å²) in [5, 5.41) is 1.20. The number of nitrogens with zero attached hydrogens (tertiary/aromatic N) is 1. The first kappa shape index (κ1) is 10.1. The second-order valence-corrected chi connectivity index (χ2v) is 3.58. The Morgan fingerprint density at radius 2 is 2.13 bits per heavy atom. The number of hydrogen-bond donors (Lipinski definition) is 0. The molecule has 2 aromatic rings. The quantitative estimate of drug-likeness (QED) is 0.761. The van der Waals surface area contributed by atoms with Crippen molar-refractivity contribution in [2.45, 2.75) is 20.5 Å². The lowest BCUT2D eigenvalue weighted by Gasteiger charge is -2.07. The van der Waals surface area contributed by atoms with Gasteiger partial charge in [-0.05, 0) is 31.0 Å². The van der Waals surface area contributed by atoms with Gasteiger partial charge in [0.1, 0.15) is 0 Å². The maximum atomic E-state index is 5.44. The molecule has 78 valence electrons. The molecule has 15 heavy (non-hydrogen) atoms. The van der Waals surface area contributed by atoms with Gasteiger partial charge in [-0.2, -0.15) is 0 Å². The lowest BCUT2D eigenvalue weighted by molar-refractivity contribution is 0.135. The Morgan fingerprint density at radius 1 is 1.27 bits per heavy atom. The lowest BCUT2D eigenvalue weighted by Crippen LogP contribution is -1.94. The molecule has 0 unspecified atom stereocenters. The van der Waals surface area contributed by atoms with Crippen LogP contribution in [0.2, 0.25) is 0 Å². The Labute approximate surface area is 89.9 Å². The molecule has 0 spiro atoms. The van der Waals surface area contributed by atoms with Gasteiger partial charge < -0.3 is 4.74 Å². The minimum Gasteiger partial charge on any atom is -0.377 e. The van der Waals surface area contributed by atoms with E-state index in [0.29, 0.717) is 6.61 Å². The zero-order valence-electron chi connectivity index (χ0n) is 9.16. The Balaban J connectivity index is 2.51. The van der Waals surface area contributed by atoms with E-state index < -0.39 is 0 Å². The standard InChI is InChI=1S/C13H15NO/c1-3-15-9-11-7-6-10(2)13-12(11)5-4-8-14-13/h4-8H,3,9H2,1-2H3. The Morgan fingerprint density at radius 3 is 2.93 bits per heavy atom. The number of aryl methyl sites for hydroxylation is 1. The number of benzene rings is 1. The molecular weight excluding hydrogens is 186 g/mol. The molecule has 0 radical (unpaired) electrons. The Bertz CT molecular complexity index is 465. The summed E-state index contributed by atoms with van der Waals surface area (Å²) in [6.45, 7) is 5.50. The highest BCUT2D eigenvalue weighted by Gasteiger charge is 2.03. The van der Waals surface area contributed by atoms with E-state index in [2.05, 4.69) is 30.1 Å². The third-order valence-corrected chi connectivity index (χ3v) is 2.52. The largest absolute Gasteiger partial charge is 0.377 e. The van der Waals surface area contributed by atoms with E-state index in [-0.39, 0.29) is 0 Å². The summed E-state index contributed by atoms with van der Waals surface area (Å²) < 4.78 is 5.44. The molecule has 0 saturated carbocycles. The van der Waals surface area contributed by atoms with Crippen LogP contribution < -0.4 is 0 Å². The van der Waals surface area contributed by atoms with Gasteiger partial charge >= 0.3 is 0 Å². The van der Waals surface area contributed by atoms with Crippen LogP contribution in [0.5, 0.6) is 0 Å². The maximum absolute atomic E-state index is 5.44. The van der Waals surface area contributed by atoms with Crippen LogP contribution in [0.4, 0.5) is 0 Å². The van der Waals surface area contributed by atoms with Crippen molar-refractivity contribution in [3.63, 3.8) is 0 Å². The number of rotatable bonds is 3. The summed E-state index contributed by atoms with van der Waals surface area (Å²) in [7, 11) is 0. The fraction of sp³-hybridized carbons (Fsp3) is 0.308. The first-order chi connectivity index (χ1) is 7.33. The number of hydrogen-bond acceptors (Lipinski definition) is 2. The SMILES string of the molecule is CCOCc1ccc(C)c2ncccc12. The van der Waals surface area contributed by atoms with E-state index >= 15 is 0 Å². The van der Waals surface area contributed by atoms with Gasteiger partial charge in [-0.1, -0.05) is 18.2 Å². The van der Waals surface area contributed by atoms with Crippen LogP contribution in [-0.4, -0.2) is 11.6 Å². The average molecular weight is 201 g/mol. The highest BCUT2D eigenvalue weighted by Crippen LogP contribution is 2.20. The second-order valence-electron chi connectivity index (χ2n) is 3.58. The molecule has 0 atom stereocenters. The molecule has 1 aromatic heterocycles. The highest BCUT2D eigenvalue weighted by molar-refractivity contribution is 5.84. The van der Waals surface area contributed by atoms with Crippen LogP contribution in [0.25, 0.3) is 10.9 Å². The van der Waals surface area contributed by atoms with Crippen molar-refractivity contribution in [1.82, 2.24) is 4.98 Å². The van der Waals surface area contributed by atoms with Crippen molar-refractivity contribution in [2.24, 2.45) is 0 Å². The molecular formula is C13H15NO. The fourth-order valence-electron chi connectivity index (χ4n) is 1.71. The summed E-state index contributed by atoms with van der Waals surface area (Å²) in [6.07, 6.45) is 1.83. The molecule has 0 bridgehead atoms. The van der Waals surface area contributed by atoms with Crippen molar-refractivity contribution in [2.75, 3.05) is 6.61 Å². The number of pyridine rings is 1. The molecule has 2 heteroatoms. The van der Waals surface area contributed by atoms with Crippen molar-refractivity contribution in [1.29, 1.82) is 0 Å². The van der Waals surface area contributed by atoms with Crippen molar-refractivity contribution >= 4 is 10.9 Å². The van der Waals surface area contributed by atoms with Gasteiger partial charge in [-0.25, -0.2) is 0 Å². The van der Waals surface area contributed by atoms with E-state index in [1.807, 2.05) is 19.2 Å². The van der Waals surface area contributed by atoms with Crippen LogP contribution in [-0.2, 0) is 11.3 Å². The molecule has 2 rings (SSSR count). The minimum absolute atomic E-state index is 0.666. The topological polar surface area (TPSA) is 22.1 Å². The molecule has 0 fully saturated rings. The molecule has 0 aliphatic carbocycles. The number of aromatic nitrogens is 1. The van der Waals surface area contributed by atoms with Crippen LogP contribution in [0.3, 0.4) is 0 Å². The number of fused-ring (bicyclic) bond motifs is 1. The zero-order chi connectivity index (χ0) is 10.7. The predicted molar refractivity (Wildman–Crippen MR) is 61.8 cm³/mol. The molecule has 1 aromatic carbocycles. The smallest absolute Gasteiger partial charge is 0.0734 e. The molecule has 0 aliphatic rings. The van der Waals surface area contributed by atoms with Crippen molar-refractivity contribution in [3.05, 3.63) is 41.6 Å².